The number of rotatable bonds is 6. The van der Waals surface area contributed by atoms with Crippen molar-refractivity contribution in [3.05, 3.63) is 18.2 Å². The van der Waals surface area contributed by atoms with Crippen molar-refractivity contribution in [3.63, 3.8) is 0 Å². The molecule has 5 heteroatoms. The summed E-state index contributed by atoms with van der Waals surface area (Å²) in [5.41, 5.74) is 0.733. The molecule has 0 radical (unpaired) electrons. The molecule has 1 N–H and O–H groups in total. The molecule has 2 heterocycles. The van der Waals surface area contributed by atoms with Gasteiger partial charge in [0.05, 0.1) is 13.2 Å². The molecule has 2 fully saturated rings. The lowest BCUT2D eigenvalue weighted by Crippen LogP contribution is -2.30. The Hall–Kier alpha value is -1.75. The average molecular weight is 316 g/mol. The van der Waals surface area contributed by atoms with Gasteiger partial charge in [-0.1, -0.05) is 12.5 Å². The quantitative estimate of drug-likeness (QED) is 0.885. The molecule has 1 aliphatic carbocycles. The van der Waals surface area contributed by atoms with E-state index in [4.69, 9.17) is 14.0 Å². The molecule has 2 aliphatic rings. The number of hydrogen-bond donors (Lipinski definition) is 1. The number of benzene rings is 1. The third-order valence-electron chi connectivity index (χ3n) is 5.04. The summed E-state index contributed by atoms with van der Waals surface area (Å²) < 4.78 is 17.4. The molecule has 5 nitrogen and oxygen atoms in total. The fourth-order valence-electron chi connectivity index (χ4n) is 3.27. The third-order valence-corrected chi connectivity index (χ3v) is 5.04. The van der Waals surface area contributed by atoms with Crippen LogP contribution in [0.1, 0.15) is 32.1 Å². The summed E-state index contributed by atoms with van der Waals surface area (Å²) in [5.74, 6) is 2.69. The van der Waals surface area contributed by atoms with E-state index >= 15 is 0 Å². The molecule has 0 unspecified atom stereocenters. The first-order chi connectivity index (χ1) is 11.4. The number of fused-ring (bicyclic) bond motifs is 1. The number of nitrogens with one attached hydrogen (secondary N) is 1. The fraction of sp³-hybridized carbons (Fsp3) is 0.611. The third kappa shape index (κ3) is 3.29. The van der Waals surface area contributed by atoms with E-state index in [-0.39, 0.29) is 0 Å². The second-order valence-electron chi connectivity index (χ2n) is 6.73. The van der Waals surface area contributed by atoms with Gasteiger partial charge in [0, 0.05) is 0 Å². The highest BCUT2D eigenvalue weighted by molar-refractivity contribution is 5.88. The number of ether oxygens (including phenoxy) is 2. The van der Waals surface area contributed by atoms with E-state index in [1.165, 1.54) is 19.3 Å². The maximum Gasteiger partial charge on any atom is 0.265 e. The normalized spacial score (nSPS) is 19.7. The fourth-order valence-corrected chi connectivity index (χ4v) is 3.27. The van der Waals surface area contributed by atoms with Crippen molar-refractivity contribution in [2.24, 2.45) is 11.8 Å². The molecule has 23 heavy (non-hydrogen) atoms. The molecule has 2 aromatic rings. The van der Waals surface area contributed by atoms with Crippen LogP contribution in [0.15, 0.2) is 22.7 Å². The Morgan fingerprint density at radius 2 is 1.83 bits per heavy atom. The van der Waals surface area contributed by atoms with Crippen molar-refractivity contribution in [3.8, 4) is 11.6 Å². The van der Waals surface area contributed by atoms with Gasteiger partial charge < -0.3 is 19.3 Å². The summed E-state index contributed by atoms with van der Waals surface area (Å²) in [6, 6.07) is 5.84. The molecule has 1 aliphatic heterocycles. The topological polar surface area (TPSA) is 56.5 Å². The van der Waals surface area contributed by atoms with E-state index in [9.17, 15) is 0 Å². The lowest BCUT2D eigenvalue weighted by atomic mass is 9.86. The first-order valence-corrected chi connectivity index (χ1v) is 8.75. The van der Waals surface area contributed by atoms with Crippen LogP contribution in [0.25, 0.3) is 11.0 Å². The molecule has 4 rings (SSSR count). The van der Waals surface area contributed by atoms with E-state index in [2.05, 4.69) is 10.5 Å². The van der Waals surface area contributed by atoms with Crippen LogP contribution in [0, 0.1) is 11.8 Å². The zero-order chi connectivity index (χ0) is 15.5. The lowest BCUT2D eigenvalue weighted by molar-refractivity contribution is 0.181. The smallest absolute Gasteiger partial charge is 0.265 e. The van der Waals surface area contributed by atoms with Crippen LogP contribution in [-0.4, -0.2) is 31.5 Å². The molecule has 1 aromatic carbocycles. The Morgan fingerprint density at radius 1 is 1.04 bits per heavy atom. The van der Waals surface area contributed by atoms with E-state index in [1.54, 1.807) is 0 Å². The summed E-state index contributed by atoms with van der Waals surface area (Å²) in [7, 11) is 0. The molecule has 1 saturated heterocycles. The zero-order valence-electron chi connectivity index (χ0n) is 13.4. The molecular formula is C18H24N2O3. The van der Waals surface area contributed by atoms with Gasteiger partial charge in [0.15, 0.2) is 5.58 Å². The van der Waals surface area contributed by atoms with E-state index in [0.717, 1.165) is 49.3 Å². The monoisotopic (exact) mass is 316 g/mol. The van der Waals surface area contributed by atoms with Gasteiger partial charge in [-0.05, 0) is 67.9 Å². The number of hydrogen-bond acceptors (Lipinski definition) is 5. The van der Waals surface area contributed by atoms with Crippen molar-refractivity contribution in [2.75, 3.05) is 26.3 Å². The highest BCUT2D eigenvalue weighted by atomic mass is 16.5. The summed E-state index contributed by atoms with van der Waals surface area (Å²) in [5, 5.41) is 8.36. The van der Waals surface area contributed by atoms with Gasteiger partial charge in [-0.25, -0.2) is 0 Å². The Morgan fingerprint density at radius 3 is 2.61 bits per heavy atom. The van der Waals surface area contributed by atoms with E-state index in [0.29, 0.717) is 24.3 Å². The van der Waals surface area contributed by atoms with Gasteiger partial charge in [-0.15, -0.1) is 0 Å². The first kappa shape index (κ1) is 14.8. The van der Waals surface area contributed by atoms with E-state index in [1.807, 2.05) is 18.2 Å². The SMILES string of the molecule is c1cc(OCC2CCC2)c2c(OCC3CCNCC3)noc2c1. The molecule has 0 amide bonds. The minimum absolute atomic E-state index is 0.572. The Kier molecular flexibility index (Phi) is 4.37. The van der Waals surface area contributed by atoms with Crippen LogP contribution in [0.4, 0.5) is 0 Å². The molecule has 1 saturated carbocycles. The van der Waals surface area contributed by atoms with Gasteiger partial charge >= 0.3 is 0 Å². The predicted octanol–water partition coefficient (Wildman–Crippen LogP) is 3.39. The molecule has 1 aromatic heterocycles. The van der Waals surface area contributed by atoms with Gasteiger partial charge in [0.2, 0.25) is 0 Å². The summed E-state index contributed by atoms with van der Waals surface area (Å²) in [6.45, 7) is 3.62. The minimum atomic E-state index is 0.572. The van der Waals surface area contributed by atoms with Gasteiger partial charge in [-0.3, -0.25) is 0 Å². The average Bonchev–Trinajstić information content (AvgIpc) is 2.96. The zero-order valence-corrected chi connectivity index (χ0v) is 13.4. The first-order valence-electron chi connectivity index (χ1n) is 8.75. The standard InChI is InChI=1S/C18H24N2O3/c1-3-13(4-1)11-21-15-5-2-6-16-17(15)18(20-23-16)22-12-14-7-9-19-10-8-14/h2,5-6,13-14,19H,1,3-4,7-12H2. The predicted molar refractivity (Wildman–Crippen MR) is 87.9 cm³/mol. The maximum absolute atomic E-state index is 6.02. The van der Waals surface area contributed by atoms with Crippen molar-refractivity contribution < 1.29 is 14.0 Å². The second-order valence-corrected chi connectivity index (χ2v) is 6.73. The van der Waals surface area contributed by atoms with E-state index < -0.39 is 0 Å². The number of nitrogens with zero attached hydrogens (tertiary/aromatic N) is 1. The number of aromatic nitrogens is 1. The largest absolute Gasteiger partial charge is 0.492 e. The maximum atomic E-state index is 6.02. The number of piperidine rings is 1. The van der Waals surface area contributed by atoms with Crippen LogP contribution < -0.4 is 14.8 Å². The highest BCUT2D eigenvalue weighted by Gasteiger charge is 2.21. The van der Waals surface area contributed by atoms with Crippen molar-refractivity contribution >= 4 is 11.0 Å². The lowest BCUT2D eigenvalue weighted by Gasteiger charge is -2.25. The van der Waals surface area contributed by atoms with Crippen LogP contribution in [0.2, 0.25) is 0 Å². The summed E-state index contributed by atoms with van der Waals surface area (Å²) in [6.07, 6.45) is 6.19. The highest BCUT2D eigenvalue weighted by Crippen LogP contribution is 2.35. The van der Waals surface area contributed by atoms with Crippen LogP contribution >= 0.6 is 0 Å². The summed E-state index contributed by atoms with van der Waals surface area (Å²) in [4.78, 5) is 0. The molecule has 0 spiro atoms. The second kappa shape index (κ2) is 6.79. The Balaban J connectivity index is 1.47. The van der Waals surface area contributed by atoms with Crippen molar-refractivity contribution in [1.29, 1.82) is 0 Å². The molecule has 124 valence electrons. The Labute approximate surface area is 136 Å². The Bertz CT molecular complexity index is 645. The van der Waals surface area contributed by atoms with Gasteiger partial charge in [0.25, 0.3) is 5.88 Å². The van der Waals surface area contributed by atoms with Gasteiger partial charge in [0.1, 0.15) is 11.1 Å². The van der Waals surface area contributed by atoms with Crippen LogP contribution in [0.3, 0.4) is 0 Å². The van der Waals surface area contributed by atoms with Crippen LogP contribution in [-0.2, 0) is 0 Å². The van der Waals surface area contributed by atoms with Crippen LogP contribution in [0.5, 0.6) is 11.6 Å². The summed E-state index contributed by atoms with van der Waals surface area (Å²) >= 11 is 0. The molecule has 0 bridgehead atoms. The minimum Gasteiger partial charge on any atom is -0.492 e. The molecular weight excluding hydrogens is 292 g/mol. The van der Waals surface area contributed by atoms with Gasteiger partial charge in [-0.2, -0.15) is 0 Å². The van der Waals surface area contributed by atoms with Crippen molar-refractivity contribution in [1.82, 2.24) is 10.5 Å². The molecule has 0 atom stereocenters. The van der Waals surface area contributed by atoms with Crippen molar-refractivity contribution in [2.45, 2.75) is 32.1 Å².